The van der Waals surface area contributed by atoms with Crippen molar-refractivity contribution >= 4 is 22.7 Å². The van der Waals surface area contributed by atoms with Crippen molar-refractivity contribution in [3.63, 3.8) is 0 Å². The third kappa shape index (κ3) is 2.40. The van der Waals surface area contributed by atoms with E-state index in [1.165, 1.54) is 0 Å². The Labute approximate surface area is 125 Å². The van der Waals surface area contributed by atoms with Gasteiger partial charge >= 0.3 is 0 Å². The zero-order valence-corrected chi connectivity index (χ0v) is 13.2. The van der Waals surface area contributed by atoms with Gasteiger partial charge in [0.05, 0.1) is 5.52 Å². The van der Waals surface area contributed by atoms with Crippen LogP contribution in [-0.4, -0.2) is 61.8 Å². The molecule has 114 valence electrons. The van der Waals surface area contributed by atoms with Crippen molar-refractivity contribution < 1.29 is 0 Å². The van der Waals surface area contributed by atoms with Crippen LogP contribution in [0.4, 0.5) is 17.2 Å². The fourth-order valence-corrected chi connectivity index (χ4v) is 2.91. The molecule has 0 spiro atoms. The largest absolute Gasteiger partial charge is 0.394 e. The Kier molecular flexibility index (Phi) is 3.41. The number of pyridine rings is 1. The van der Waals surface area contributed by atoms with E-state index < -0.39 is 0 Å². The number of hydrogen-bond acceptors (Lipinski definition) is 5. The molecule has 1 unspecified atom stereocenters. The van der Waals surface area contributed by atoms with E-state index >= 15 is 0 Å². The summed E-state index contributed by atoms with van der Waals surface area (Å²) in [6.07, 6.45) is 3.13. The lowest BCUT2D eigenvalue weighted by Gasteiger charge is -2.20. The molecule has 0 amide bonds. The normalized spacial score (nSPS) is 18.9. The Balaban J connectivity index is 1.95. The van der Waals surface area contributed by atoms with Crippen molar-refractivity contribution in [1.29, 1.82) is 0 Å². The van der Waals surface area contributed by atoms with Crippen LogP contribution in [0.3, 0.4) is 0 Å². The number of fused-ring (bicyclic) bond motifs is 1. The summed E-state index contributed by atoms with van der Waals surface area (Å²) in [5, 5.41) is 4.67. The molecule has 6 heteroatoms. The molecule has 1 aliphatic rings. The fraction of sp³-hybridized carbons (Fsp3) is 0.533. The highest BCUT2D eigenvalue weighted by Crippen LogP contribution is 2.31. The molecule has 0 aromatic carbocycles. The number of rotatable bonds is 3. The first-order chi connectivity index (χ1) is 9.97. The molecule has 2 aromatic heterocycles. The smallest absolute Gasteiger partial charge is 0.175 e. The number of likely N-dealkylation sites (N-methyl/N-ethyl adjacent to an activating group) is 1. The number of nitrogens with two attached hydrogens (primary N) is 1. The van der Waals surface area contributed by atoms with E-state index in [0.717, 1.165) is 42.2 Å². The van der Waals surface area contributed by atoms with Crippen molar-refractivity contribution in [3.8, 4) is 0 Å². The summed E-state index contributed by atoms with van der Waals surface area (Å²) in [6, 6.07) is 4.72. The highest BCUT2D eigenvalue weighted by atomic mass is 15.4. The number of hydrogen-bond donors (Lipinski definition) is 1. The molecule has 0 radical (unpaired) electrons. The van der Waals surface area contributed by atoms with Crippen LogP contribution < -0.4 is 15.5 Å². The topological polar surface area (TPSA) is 53.0 Å². The van der Waals surface area contributed by atoms with Crippen LogP contribution >= 0.6 is 0 Å². The van der Waals surface area contributed by atoms with Gasteiger partial charge in [0.15, 0.2) is 5.82 Å². The number of nitrogens with zero attached hydrogens (tertiary/aromatic N) is 5. The first kappa shape index (κ1) is 14.0. The maximum absolute atomic E-state index is 6.35. The molecule has 3 heterocycles. The molecule has 2 N–H and O–H groups in total. The molecule has 21 heavy (non-hydrogen) atoms. The average Bonchev–Trinajstić information content (AvgIpc) is 3.03. The summed E-state index contributed by atoms with van der Waals surface area (Å²) in [4.78, 5) is 6.64. The van der Waals surface area contributed by atoms with Gasteiger partial charge in [0.2, 0.25) is 0 Å². The minimum absolute atomic E-state index is 0.576. The number of nitrogen functional groups attached to an aromatic ring is 1. The van der Waals surface area contributed by atoms with Gasteiger partial charge in [-0.15, -0.1) is 5.10 Å². The standard InChI is InChI=1S/C15H24N6/c1-18(2)11-6-8-21-13(9-11)14(16)15(17-21)20-7-5-12(10-20)19(3)4/h6,8-9,12H,5,7,10,16H2,1-4H3. The maximum Gasteiger partial charge on any atom is 0.175 e. The molecular formula is C15H24N6. The van der Waals surface area contributed by atoms with Crippen molar-refractivity contribution in [2.24, 2.45) is 0 Å². The highest BCUT2D eigenvalue weighted by molar-refractivity contribution is 5.83. The summed E-state index contributed by atoms with van der Waals surface area (Å²) in [5.74, 6) is 0.912. The monoisotopic (exact) mass is 288 g/mol. The van der Waals surface area contributed by atoms with Crippen molar-refractivity contribution in [1.82, 2.24) is 14.5 Å². The number of aromatic nitrogens is 2. The minimum Gasteiger partial charge on any atom is -0.394 e. The SMILES string of the molecule is CN(C)c1ccn2nc(N3CCC(N(C)C)C3)c(N)c2c1. The zero-order valence-electron chi connectivity index (χ0n) is 13.2. The van der Waals surface area contributed by atoms with Gasteiger partial charge in [0.1, 0.15) is 5.69 Å². The Morgan fingerprint density at radius 2 is 2.05 bits per heavy atom. The van der Waals surface area contributed by atoms with E-state index in [9.17, 15) is 0 Å². The minimum atomic E-state index is 0.576. The predicted octanol–water partition coefficient (Wildman–Crippen LogP) is 1.12. The van der Waals surface area contributed by atoms with Crippen LogP contribution in [0.25, 0.3) is 5.52 Å². The van der Waals surface area contributed by atoms with Crippen LogP contribution in [0, 0.1) is 0 Å². The van der Waals surface area contributed by atoms with Crippen molar-refractivity contribution in [3.05, 3.63) is 18.3 Å². The summed E-state index contributed by atoms with van der Waals surface area (Å²) in [7, 11) is 8.32. The van der Waals surface area contributed by atoms with E-state index in [1.54, 1.807) is 0 Å². The second-order valence-corrected chi connectivity index (χ2v) is 6.20. The molecule has 1 aliphatic heterocycles. The van der Waals surface area contributed by atoms with Gasteiger partial charge in [-0.05, 0) is 32.6 Å². The molecule has 1 fully saturated rings. The van der Waals surface area contributed by atoms with Gasteiger partial charge in [0.25, 0.3) is 0 Å². The molecular weight excluding hydrogens is 264 g/mol. The van der Waals surface area contributed by atoms with E-state index in [2.05, 4.69) is 46.0 Å². The Morgan fingerprint density at radius 1 is 1.29 bits per heavy atom. The van der Waals surface area contributed by atoms with Gasteiger partial charge in [-0.1, -0.05) is 0 Å². The van der Waals surface area contributed by atoms with Crippen LogP contribution in [0.15, 0.2) is 18.3 Å². The van der Waals surface area contributed by atoms with Gasteiger partial charge < -0.3 is 20.4 Å². The second-order valence-electron chi connectivity index (χ2n) is 6.20. The molecule has 0 bridgehead atoms. The first-order valence-corrected chi connectivity index (χ1v) is 7.34. The van der Waals surface area contributed by atoms with Crippen molar-refractivity contribution in [2.75, 3.05) is 56.8 Å². The second kappa shape index (κ2) is 5.11. The average molecular weight is 288 g/mol. The number of anilines is 3. The van der Waals surface area contributed by atoms with Crippen LogP contribution in [-0.2, 0) is 0 Å². The molecule has 0 aliphatic carbocycles. The lowest BCUT2D eigenvalue weighted by Crippen LogP contribution is -2.31. The Hall–Kier alpha value is -1.95. The highest BCUT2D eigenvalue weighted by Gasteiger charge is 2.27. The quantitative estimate of drug-likeness (QED) is 0.917. The molecule has 1 saturated heterocycles. The van der Waals surface area contributed by atoms with Crippen LogP contribution in [0.1, 0.15) is 6.42 Å². The molecule has 2 aromatic rings. The van der Waals surface area contributed by atoms with Crippen LogP contribution in [0.5, 0.6) is 0 Å². The summed E-state index contributed by atoms with van der Waals surface area (Å²) >= 11 is 0. The lowest BCUT2D eigenvalue weighted by molar-refractivity contribution is 0.315. The van der Waals surface area contributed by atoms with E-state index in [4.69, 9.17) is 5.73 Å². The molecule has 6 nitrogen and oxygen atoms in total. The van der Waals surface area contributed by atoms with Crippen molar-refractivity contribution in [2.45, 2.75) is 12.5 Å². The molecule has 3 rings (SSSR count). The Bertz CT molecular complexity index is 645. The van der Waals surface area contributed by atoms with Gasteiger partial charge in [-0.25, -0.2) is 4.52 Å². The van der Waals surface area contributed by atoms with Gasteiger partial charge in [-0.2, -0.15) is 0 Å². The van der Waals surface area contributed by atoms with Crippen LogP contribution in [0.2, 0.25) is 0 Å². The third-order valence-corrected chi connectivity index (χ3v) is 4.35. The van der Waals surface area contributed by atoms with Gasteiger partial charge in [0, 0.05) is 45.1 Å². The maximum atomic E-state index is 6.35. The summed E-state index contributed by atoms with van der Waals surface area (Å²) in [6.45, 7) is 2.00. The van der Waals surface area contributed by atoms with E-state index in [-0.39, 0.29) is 0 Å². The summed E-state index contributed by atoms with van der Waals surface area (Å²) in [5.41, 5.74) is 9.24. The third-order valence-electron chi connectivity index (χ3n) is 4.35. The first-order valence-electron chi connectivity index (χ1n) is 7.34. The fourth-order valence-electron chi connectivity index (χ4n) is 2.91. The van der Waals surface area contributed by atoms with E-state index in [1.807, 2.05) is 24.8 Å². The zero-order chi connectivity index (χ0) is 15.1. The molecule has 0 saturated carbocycles. The van der Waals surface area contributed by atoms with Gasteiger partial charge in [-0.3, -0.25) is 0 Å². The van der Waals surface area contributed by atoms with E-state index in [0.29, 0.717) is 6.04 Å². The summed E-state index contributed by atoms with van der Waals surface area (Å²) < 4.78 is 1.88. The molecule has 1 atom stereocenters. The lowest BCUT2D eigenvalue weighted by atomic mass is 10.2. The Morgan fingerprint density at radius 3 is 2.67 bits per heavy atom. The predicted molar refractivity (Wildman–Crippen MR) is 88.2 cm³/mol.